The van der Waals surface area contributed by atoms with Crippen LogP contribution in [0.2, 0.25) is 5.02 Å². The SMILES string of the molecule is Cl.O=S(=O)(NCc1cccc(Cl)c1)c1cc2c(N3CCNCC3)nccc2s1. The summed E-state index contributed by atoms with van der Waals surface area (Å²) < 4.78 is 29.4. The van der Waals surface area contributed by atoms with Gasteiger partial charge in [0.15, 0.2) is 0 Å². The van der Waals surface area contributed by atoms with Gasteiger partial charge in [0, 0.05) is 54.0 Å². The Labute approximate surface area is 179 Å². The van der Waals surface area contributed by atoms with Gasteiger partial charge < -0.3 is 10.2 Å². The summed E-state index contributed by atoms with van der Waals surface area (Å²) in [6, 6.07) is 10.7. The average molecular weight is 459 g/mol. The summed E-state index contributed by atoms with van der Waals surface area (Å²) in [4.78, 5) is 6.70. The van der Waals surface area contributed by atoms with Crippen LogP contribution >= 0.6 is 35.3 Å². The number of piperazine rings is 1. The van der Waals surface area contributed by atoms with Crippen LogP contribution in [-0.4, -0.2) is 39.6 Å². The monoisotopic (exact) mass is 458 g/mol. The van der Waals surface area contributed by atoms with Gasteiger partial charge in [0.05, 0.1) is 0 Å². The van der Waals surface area contributed by atoms with Crippen LogP contribution in [0.5, 0.6) is 0 Å². The molecular formula is C18H20Cl2N4O2S2. The number of hydrogen-bond donors (Lipinski definition) is 2. The maximum Gasteiger partial charge on any atom is 0.250 e. The van der Waals surface area contributed by atoms with Crippen molar-refractivity contribution in [1.29, 1.82) is 0 Å². The fraction of sp³-hybridized carbons (Fsp3) is 0.278. The molecule has 4 rings (SSSR count). The number of halogens is 2. The molecule has 0 bridgehead atoms. The summed E-state index contributed by atoms with van der Waals surface area (Å²) in [5.74, 6) is 0.849. The highest BCUT2D eigenvalue weighted by atomic mass is 35.5. The number of pyridine rings is 1. The molecule has 3 heterocycles. The Hall–Kier alpha value is -1.42. The zero-order valence-corrected chi connectivity index (χ0v) is 18.1. The average Bonchev–Trinajstić information content (AvgIpc) is 3.13. The van der Waals surface area contributed by atoms with Crippen molar-refractivity contribution in [3.05, 3.63) is 53.2 Å². The summed E-state index contributed by atoms with van der Waals surface area (Å²) in [6.45, 7) is 3.71. The number of nitrogens with one attached hydrogen (secondary N) is 2. The molecule has 0 amide bonds. The van der Waals surface area contributed by atoms with E-state index in [2.05, 4.69) is 19.9 Å². The van der Waals surface area contributed by atoms with Crippen LogP contribution in [0.3, 0.4) is 0 Å². The molecule has 1 aromatic carbocycles. The number of fused-ring (bicyclic) bond motifs is 1. The standard InChI is InChI=1S/C18H19ClN4O2S2.ClH/c19-14-3-1-2-13(10-14)12-22-27(24,25)17-11-15-16(26-17)4-5-21-18(15)23-8-6-20-7-9-23;/h1-5,10-11,20,22H,6-9,12H2;1H. The highest BCUT2D eigenvalue weighted by molar-refractivity contribution is 7.91. The van der Waals surface area contributed by atoms with Crippen LogP contribution in [0.1, 0.15) is 5.56 Å². The summed E-state index contributed by atoms with van der Waals surface area (Å²) >= 11 is 7.23. The van der Waals surface area contributed by atoms with E-state index in [1.165, 1.54) is 11.3 Å². The Morgan fingerprint density at radius 3 is 2.75 bits per heavy atom. The second-order valence-corrected chi connectivity index (χ2v) is 9.82. The van der Waals surface area contributed by atoms with Crippen molar-refractivity contribution in [2.45, 2.75) is 10.8 Å². The molecule has 1 aliphatic rings. The number of thiophene rings is 1. The third kappa shape index (κ3) is 4.59. The molecule has 10 heteroatoms. The van der Waals surface area contributed by atoms with E-state index >= 15 is 0 Å². The molecule has 1 fully saturated rings. The third-order valence-electron chi connectivity index (χ3n) is 4.44. The summed E-state index contributed by atoms with van der Waals surface area (Å²) in [6.07, 6.45) is 1.74. The molecule has 2 N–H and O–H groups in total. The quantitative estimate of drug-likeness (QED) is 0.613. The van der Waals surface area contributed by atoms with Crippen molar-refractivity contribution in [2.75, 3.05) is 31.1 Å². The van der Waals surface area contributed by atoms with Crippen molar-refractivity contribution in [2.24, 2.45) is 0 Å². The lowest BCUT2D eigenvalue weighted by Gasteiger charge is -2.28. The Balaban J connectivity index is 0.00000225. The van der Waals surface area contributed by atoms with Crippen LogP contribution in [0.4, 0.5) is 5.82 Å². The molecule has 0 atom stereocenters. The largest absolute Gasteiger partial charge is 0.354 e. The van der Waals surface area contributed by atoms with E-state index in [4.69, 9.17) is 11.6 Å². The molecule has 2 aromatic heterocycles. The molecule has 150 valence electrons. The minimum absolute atomic E-state index is 0. The molecular weight excluding hydrogens is 439 g/mol. The Morgan fingerprint density at radius 1 is 1.21 bits per heavy atom. The Bertz CT molecular complexity index is 1070. The first-order valence-corrected chi connectivity index (χ1v) is 11.3. The van der Waals surface area contributed by atoms with Gasteiger partial charge in [-0.2, -0.15) is 0 Å². The third-order valence-corrected chi connectivity index (χ3v) is 7.65. The van der Waals surface area contributed by atoms with Crippen LogP contribution < -0.4 is 14.9 Å². The number of nitrogens with zero attached hydrogens (tertiary/aromatic N) is 2. The second-order valence-electron chi connectivity index (χ2n) is 6.30. The van der Waals surface area contributed by atoms with Gasteiger partial charge >= 0.3 is 0 Å². The highest BCUT2D eigenvalue weighted by Gasteiger charge is 2.21. The van der Waals surface area contributed by atoms with E-state index in [1.54, 1.807) is 30.5 Å². The van der Waals surface area contributed by atoms with Crippen molar-refractivity contribution >= 4 is 61.3 Å². The number of anilines is 1. The van der Waals surface area contributed by atoms with Crippen molar-refractivity contribution < 1.29 is 8.42 Å². The molecule has 1 aliphatic heterocycles. The molecule has 0 saturated carbocycles. The fourth-order valence-corrected chi connectivity index (χ4v) is 5.74. The first kappa shape index (κ1) is 21.3. The summed E-state index contributed by atoms with van der Waals surface area (Å²) in [5.41, 5.74) is 0.815. The van der Waals surface area contributed by atoms with Crippen LogP contribution in [0, 0.1) is 0 Å². The van der Waals surface area contributed by atoms with E-state index in [9.17, 15) is 8.42 Å². The van der Waals surface area contributed by atoms with Gasteiger partial charge in [-0.25, -0.2) is 18.1 Å². The van der Waals surface area contributed by atoms with Crippen LogP contribution in [-0.2, 0) is 16.6 Å². The van der Waals surface area contributed by atoms with Gasteiger partial charge in [-0.1, -0.05) is 23.7 Å². The van der Waals surface area contributed by atoms with Gasteiger partial charge in [0.2, 0.25) is 10.0 Å². The van der Waals surface area contributed by atoms with Crippen LogP contribution in [0.15, 0.2) is 46.8 Å². The number of aromatic nitrogens is 1. The molecule has 0 radical (unpaired) electrons. The van der Waals surface area contributed by atoms with Gasteiger partial charge in [-0.15, -0.1) is 23.7 Å². The normalized spacial score (nSPS) is 14.8. The van der Waals surface area contributed by atoms with Gasteiger partial charge in [0.1, 0.15) is 10.0 Å². The zero-order chi connectivity index (χ0) is 18.9. The molecule has 3 aromatic rings. The Kier molecular flexibility index (Phi) is 6.80. The molecule has 1 saturated heterocycles. The molecule has 0 spiro atoms. The van der Waals surface area contributed by atoms with Gasteiger partial charge in [0.25, 0.3) is 0 Å². The molecule has 6 nitrogen and oxygen atoms in total. The summed E-state index contributed by atoms with van der Waals surface area (Å²) in [5, 5.41) is 4.78. The van der Waals surface area contributed by atoms with E-state index in [1.807, 2.05) is 12.1 Å². The minimum atomic E-state index is -3.61. The van der Waals surface area contributed by atoms with E-state index in [0.29, 0.717) is 9.23 Å². The Morgan fingerprint density at radius 2 is 2.00 bits per heavy atom. The fourth-order valence-electron chi connectivity index (χ4n) is 3.08. The van der Waals surface area contributed by atoms with Crippen LogP contribution in [0.25, 0.3) is 10.1 Å². The van der Waals surface area contributed by atoms with E-state index in [-0.39, 0.29) is 19.0 Å². The zero-order valence-electron chi connectivity index (χ0n) is 14.9. The van der Waals surface area contributed by atoms with Crippen molar-refractivity contribution in [3.63, 3.8) is 0 Å². The second kappa shape index (κ2) is 8.94. The van der Waals surface area contributed by atoms with Crippen molar-refractivity contribution in [1.82, 2.24) is 15.0 Å². The lowest BCUT2D eigenvalue weighted by Crippen LogP contribution is -2.43. The minimum Gasteiger partial charge on any atom is -0.354 e. The van der Waals surface area contributed by atoms with Crippen molar-refractivity contribution in [3.8, 4) is 0 Å². The topological polar surface area (TPSA) is 74.3 Å². The van der Waals surface area contributed by atoms with Gasteiger partial charge in [-0.05, 0) is 29.8 Å². The number of hydrogen-bond acceptors (Lipinski definition) is 6. The predicted molar refractivity (Wildman–Crippen MR) is 117 cm³/mol. The predicted octanol–water partition coefficient (Wildman–Crippen LogP) is 3.26. The number of sulfonamides is 1. The summed E-state index contributed by atoms with van der Waals surface area (Å²) in [7, 11) is -3.61. The number of benzene rings is 1. The van der Waals surface area contributed by atoms with E-state index < -0.39 is 10.0 Å². The molecule has 0 unspecified atom stereocenters. The maximum absolute atomic E-state index is 12.8. The molecule has 0 aliphatic carbocycles. The van der Waals surface area contributed by atoms with E-state index in [0.717, 1.165) is 47.6 Å². The highest BCUT2D eigenvalue weighted by Crippen LogP contribution is 2.34. The van der Waals surface area contributed by atoms with Gasteiger partial charge in [-0.3, -0.25) is 0 Å². The smallest absolute Gasteiger partial charge is 0.250 e. The molecule has 28 heavy (non-hydrogen) atoms. The first-order valence-electron chi connectivity index (χ1n) is 8.61. The first-order chi connectivity index (χ1) is 13.0. The number of rotatable bonds is 5. The lowest BCUT2D eigenvalue weighted by atomic mass is 10.2. The maximum atomic E-state index is 12.8. The lowest BCUT2D eigenvalue weighted by molar-refractivity contribution is 0.583.